The number of halogens is 1. The van der Waals surface area contributed by atoms with Crippen LogP contribution in [0.2, 0.25) is 0 Å². The van der Waals surface area contributed by atoms with Crippen LogP contribution in [0.5, 0.6) is 0 Å². The second-order valence-corrected chi connectivity index (χ2v) is 5.79. The van der Waals surface area contributed by atoms with Crippen LogP contribution in [-0.4, -0.2) is 22.7 Å². The quantitative estimate of drug-likeness (QED) is 0.774. The standard InChI is InChI=1S/C10H19N3OS.ClH/c1-10(2,3)8(6-14)12-4-7-5-13-9(11)15-7;/h5,8,12,14H,4,6H2,1-3H3,(H2,11,13);1H. The van der Waals surface area contributed by atoms with Crippen molar-refractivity contribution in [1.29, 1.82) is 0 Å². The lowest BCUT2D eigenvalue weighted by molar-refractivity contribution is 0.158. The highest BCUT2D eigenvalue weighted by atomic mass is 35.5. The van der Waals surface area contributed by atoms with Crippen LogP contribution in [0.4, 0.5) is 5.13 Å². The number of nitrogens with zero attached hydrogens (tertiary/aromatic N) is 1. The van der Waals surface area contributed by atoms with E-state index in [-0.39, 0.29) is 30.5 Å². The molecule has 94 valence electrons. The minimum absolute atomic E-state index is 0. The molecule has 4 nitrogen and oxygen atoms in total. The van der Waals surface area contributed by atoms with Crippen molar-refractivity contribution < 1.29 is 5.11 Å². The van der Waals surface area contributed by atoms with E-state index in [0.717, 1.165) is 4.88 Å². The number of aromatic nitrogens is 1. The molecule has 1 heterocycles. The van der Waals surface area contributed by atoms with Crippen LogP contribution in [0.3, 0.4) is 0 Å². The van der Waals surface area contributed by atoms with E-state index in [1.165, 1.54) is 11.3 Å². The van der Waals surface area contributed by atoms with E-state index in [9.17, 15) is 5.11 Å². The van der Waals surface area contributed by atoms with Crippen LogP contribution < -0.4 is 11.1 Å². The lowest BCUT2D eigenvalue weighted by Gasteiger charge is -2.29. The number of rotatable bonds is 4. The Labute approximate surface area is 107 Å². The van der Waals surface area contributed by atoms with Gasteiger partial charge in [0.05, 0.1) is 6.61 Å². The Bertz CT molecular complexity index is 311. The Hall–Kier alpha value is -0.360. The van der Waals surface area contributed by atoms with Crippen molar-refractivity contribution in [2.45, 2.75) is 33.4 Å². The fourth-order valence-electron chi connectivity index (χ4n) is 1.27. The first-order chi connectivity index (χ1) is 6.93. The smallest absolute Gasteiger partial charge is 0.180 e. The molecule has 0 aliphatic heterocycles. The summed E-state index contributed by atoms with van der Waals surface area (Å²) in [6.07, 6.45) is 1.77. The molecule has 1 atom stereocenters. The minimum Gasteiger partial charge on any atom is -0.395 e. The van der Waals surface area contributed by atoms with E-state index in [4.69, 9.17) is 5.73 Å². The molecule has 0 aliphatic carbocycles. The molecule has 1 rings (SSSR count). The Morgan fingerprint density at radius 1 is 1.56 bits per heavy atom. The fraction of sp³-hybridized carbons (Fsp3) is 0.700. The van der Waals surface area contributed by atoms with Gasteiger partial charge < -0.3 is 16.2 Å². The molecule has 0 saturated carbocycles. The zero-order valence-electron chi connectivity index (χ0n) is 9.86. The molecule has 1 aromatic rings. The maximum Gasteiger partial charge on any atom is 0.180 e. The van der Waals surface area contributed by atoms with Crippen LogP contribution >= 0.6 is 23.7 Å². The molecule has 1 aromatic heterocycles. The topological polar surface area (TPSA) is 71.2 Å². The highest BCUT2D eigenvalue weighted by Gasteiger charge is 2.23. The van der Waals surface area contributed by atoms with Crippen LogP contribution in [-0.2, 0) is 6.54 Å². The number of nitrogen functional groups attached to an aromatic ring is 1. The summed E-state index contributed by atoms with van der Waals surface area (Å²) in [5.74, 6) is 0. The summed E-state index contributed by atoms with van der Waals surface area (Å²) in [7, 11) is 0. The third-order valence-electron chi connectivity index (χ3n) is 2.32. The third-order valence-corrected chi connectivity index (χ3v) is 3.15. The van der Waals surface area contributed by atoms with Crippen molar-refractivity contribution >= 4 is 28.9 Å². The molecule has 0 fully saturated rings. The molecule has 0 aliphatic rings. The Kier molecular flexibility index (Phi) is 6.25. The number of thiazole rings is 1. The molecule has 4 N–H and O–H groups in total. The zero-order valence-corrected chi connectivity index (χ0v) is 11.5. The van der Waals surface area contributed by atoms with E-state index in [2.05, 4.69) is 31.1 Å². The molecule has 1 unspecified atom stereocenters. The molecule has 6 heteroatoms. The first-order valence-corrected chi connectivity index (χ1v) is 5.79. The summed E-state index contributed by atoms with van der Waals surface area (Å²) in [5, 5.41) is 13.1. The van der Waals surface area contributed by atoms with Crippen LogP contribution in [0, 0.1) is 5.41 Å². The van der Waals surface area contributed by atoms with Gasteiger partial charge in [-0.3, -0.25) is 0 Å². The number of hydrogen-bond donors (Lipinski definition) is 3. The summed E-state index contributed by atoms with van der Waals surface area (Å²) >= 11 is 1.47. The number of nitrogens with one attached hydrogen (secondary N) is 1. The van der Waals surface area contributed by atoms with Gasteiger partial charge in [0.25, 0.3) is 0 Å². The van der Waals surface area contributed by atoms with E-state index in [1.54, 1.807) is 6.20 Å². The molecule has 0 saturated heterocycles. The number of aliphatic hydroxyl groups excluding tert-OH is 1. The van der Waals surface area contributed by atoms with Gasteiger partial charge >= 0.3 is 0 Å². The second-order valence-electron chi connectivity index (χ2n) is 4.65. The maximum atomic E-state index is 9.25. The van der Waals surface area contributed by atoms with Crippen molar-refractivity contribution in [2.75, 3.05) is 12.3 Å². The molecule has 0 aromatic carbocycles. The van der Waals surface area contributed by atoms with Crippen molar-refractivity contribution in [1.82, 2.24) is 10.3 Å². The van der Waals surface area contributed by atoms with Crippen molar-refractivity contribution in [3.8, 4) is 0 Å². The normalized spacial score (nSPS) is 13.2. The Balaban J connectivity index is 0.00000225. The summed E-state index contributed by atoms with van der Waals surface area (Å²) in [4.78, 5) is 5.07. The SMILES string of the molecule is CC(C)(C)C(CO)NCc1cnc(N)s1.Cl. The van der Waals surface area contributed by atoms with Crippen LogP contribution in [0.25, 0.3) is 0 Å². The van der Waals surface area contributed by atoms with Crippen LogP contribution in [0.15, 0.2) is 6.20 Å². The predicted molar refractivity (Wildman–Crippen MR) is 70.9 cm³/mol. The van der Waals surface area contributed by atoms with Crippen LogP contribution in [0.1, 0.15) is 25.6 Å². The maximum absolute atomic E-state index is 9.25. The van der Waals surface area contributed by atoms with Gasteiger partial charge in [-0.2, -0.15) is 0 Å². The molecular formula is C10H20ClN3OS. The number of aliphatic hydroxyl groups is 1. The fourth-order valence-corrected chi connectivity index (χ4v) is 1.91. The van der Waals surface area contributed by atoms with E-state index in [0.29, 0.717) is 11.7 Å². The number of nitrogens with two attached hydrogens (primary N) is 1. The summed E-state index contributed by atoms with van der Waals surface area (Å²) in [5.41, 5.74) is 5.58. The largest absolute Gasteiger partial charge is 0.395 e. The monoisotopic (exact) mass is 265 g/mol. The average Bonchev–Trinajstić information content (AvgIpc) is 2.50. The molecule has 16 heavy (non-hydrogen) atoms. The molecule has 0 amide bonds. The van der Waals surface area contributed by atoms with E-state index < -0.39 is 0 Å². The number of hydrogen-bond acceptors (Lipinski definition) is 5. The van der Waals surface area contributed by atoms with Gasteiger partial charge in [-0.15, -0.1) is 23.7 Å². The predicted octanol–water partition coefficient (Wildman–Crippen LogP) is 1.64. The van der Waals surface area contributed by atoms with Crippen molar-refractivity contribution in [3.63, 3.8) is 0 Å². The number of anilines is 1. The lowest BCUT2D eigenvalue weighted by atomic mass is 9.87. The highest BCUT2D eigenvalue weighted by Crippen LogP contribution is 2.20. The summed E-state index contributed by atoms with van der Waals surface area (Å²) < 4.78 is 0. The molecule has 0 spiro atoms. The van der Waals surface area contributed by atoms with Crippen molar-refractivity contribution in [2.24, 2.45) is 5.41 Å². The van der Waals surface area contributed by atoms with Gasteiger partial charge in [0.15, 0.2) is 5.13 Å². The molecule has 0 bridgehead atoms. The molecule has 0 radical (unpaired) electrons. The van der Waals surface area contributed by atoms with Gasteiger partial charge in [0.1, 0.15) is 0 Å². The highest BCUT2D eigenvalue weighted by molar-refractivity contribution is 7.15. The Morgan fingerprint density at radius 3 is 2.56 bits per heavy atom. The third kappa shape index (κ3) is 4.65. The lowest BCUT2D eigenvalue weighted by Crippen LogP contribution is -2.42. The first kappa shape index (κ1) is 15.6. The van der Waals surface area contributed by atoms with Gasteiger partial charge in [0.2, 0.25) is 0 Å². The summed E-state index contributed by atoms with van der Waals surface area (Å²) in [6.45, 7) is 7.14. The first-order valence-electron chi connectivity index (χ1n) is 4.98. The molecular weight excluding hydrogens is 246 g/mol. The van der Waals surface area contributed by atoms with Crippen molar-refractivity contribution in [3.05, 3.63) is 11.1 Å². The van der Waals surface area contributed by atoms with Gasteiger partial charge in [0, 0.05) is 23.7 Å². The van der Waals surface area contributed by atoms with Gasteiger partial charge in [-0.25, -0.2) is 4.98 Å². The van der Waals surface area contributed by atoms with E-state index in [1.807, 2.05) is 0 Å². The second kappa shape index (κ2) is 6.39. The Morgan fingerprint density at radius 2 is 2.19 bits per heavy atom. The van der Waals surface area contributed by atoms with E-state index >= 15 is 0 Å². The van der Waals surface area contributed by atoms with Gasteiger partial charge in [-0.05, 0) is 5.41 Å². The summed E-state index contributed by atoms with van der Waals surface area (Å²) in [6, 6.07) is 0.0841. The zero-order chi connectivity index (χ0) is 11.5. The minimum atomic E-state index is 0. The average molecular weight is 266 g/mol. The van der Waals surface area contributed by atoms with Gasteiger partial charge in [-0.1, -0.05) is 20.8 Å².